The second kappa shape index (κ2) is 4.83. The lowest BCUT2D eigenvalue weighted by Crippen LogP contribution is -2.41. The second-order valence-corrected chi connectivity index (χ2v) is 6.09. The van der Waals surface area contributed by atoms with Gasteiger partial charge in [0.05, 0.1) is 24.6 Å². The highest BCUT2D eigenvalue weighted by Gasteiger charge is 2.39. The van der Waals surface area contributed by atoms with Crippen molar-refractivity contribution in [2.75, 3.05) is 7.11 Å². The van der Waals surface area contributed by atoms with Gasteiger partial charge in [0, 0.05) is 5.22 Å². The first-order valence-corrected chi connectivity index (χ1v) is 7.62. The fourth-order valence-electron chi connectivity index (χ4n) is 3.83. The third-order valence-corrected chi connectivity index (χ3v) is 4.94. The smallest absolute Gasteiger partial charge is 0.308 e. The van der Waals surface area contributed by atoms with Gasteiger partial charge < -0.3 is 10.1 Å². The molecule has 1 aromatic rings. The van der Waals surface area contributed by atoms with Gasteiger partial charge in [-0.2, -0.15) is 0 Å². The first kappa shape index (κ1) is 13.3. The van der Waals surface area contributed by atoms with Crippen molar-refractivity contribution in [1.82, 2.24) is 5.32 Å². The average Bonchev–Trinajstić information content (AvgIpc) is 2.93. The lowest BCUT2D eigenvalue weighted by atomic mass is 9.74. The van der Waals surface area contributed by atoms with Gasteiger partial charge in [-0.05, 0) is 41.7 Å². The van der Waals surface area contributed by atoms with Crippen molar-refractivity contribution in [3.63, 3.8) is 0 Å². The number of hydrogen-bond acceptors (Lipinski definition) is 3. The van der Waals surface area contributed by atoms with Crippen LogP contribution >= 0.6 is 0 Å². The molecule has 1 saturated carbocycles. The van der Waals surface area contributed by atoms with Gasteiger partial charge in [0.25, 0.3) is 0 Å². The summed E-state index contributed by atoms with van der Waals surface area (Å²) >= 11 is 0. The SMILES string of the molecule is COC(=O)C1CCC2C(=O)NC3=c4ccccc4=CC3=C2C1. The Hall–Kier alpha value is -2.36. The molecule has 112 valence electrons. The number of amides is 1. The van der Waals surface area contributed by atoms with Crippen molar-refractivity contribution in [3.05, 3.63) is 45.8 Å². The Morgan fingerprint density at radius 3 is 2.91 bits per heavy atom. The minimum Gasteiger partial charge on any atom is -0.469 e. The maximum atomic E-state index is 12.4. The van der Waals surface area contributed by atoms with E-state index < -0.39 is 0 Å². The van der Waals surface area contributed by atoms with Crippen molar-refractivity contribution in [3.8, 4) is 0 Å². The molecule has 3 aliphatic rings. The van der Waals surface area contributed by atoms with Gasteiger partial charge >= 0.3 is 5.97 Å². The molecule has 2 atom stereocenters. The van der Waals surface area contributed by atoms with E-state index in [1.54, 1.807) is 0 Å². The van der Waals surface area contributed by atoms with Crippen LogP contribution in [-0.4, -0.2) is 19.0 Å². The molecule has 2 aliphatic carbocycles. The molecule has 4 nitrogen and oxygen atoms in total. The maximum absolute atomic E-state index is 12.4. The number of esters is 1. The number of hydrogen-bond donors (Lipinski definition) is 1. The van der Waals surface area contributed by atoms with Crippen LogP contribution < -0.4 is 15.8 Å². The lowest BCUT2D eigenvalue weighted by molar-refractivity contribution is -0.146. The van der Waals surface area contributed by atoms with Gasteiger partial charge in [0.2, 0.25) is 5.91 Å². The van der Waals surface area contributed by atoms with E-state index in [-0.39, 0.29) is 23.7 Å². The summed E-state index contributed by atoms with van der Waals surface area (Å²) in [5.41, 5.74) is 3.09. The number of nitrogens with one attached hydrogen (secondary N) is 1. The lowest BCUT2D eigenvalue weighted by Gasteiger charge is -2.34. The summed E-state index contributed by atoms with van der Waals surface area (Å²) in [7, 11) is 1.43. The Bertz CT molecular complexity index is 834. The van der Waals surface area contributed by atoms with E-state index in [2.05, 4.69) is 17.5 Å². The number of carbonyl (C=O) groups is 2. The van der Waals surface area contributed by atoms with Gasteiger partial charge in [-0.1, -0.05) is 24.3 Å². The molecular formula is C18H17NO3. The fraction of sp³-hybridized carbons (Fsp3) is 0.333. The number of methoxy groups -OCH3 is 1. The van der Waals surface area contributed by atoms with Crippen LogP contribution in [0.5, 0.6) is 0 Å². The maximum Gasteiger partial charge on any atom is 0.308 e. The Morgan fingerprint density at radius 1 is 1.27 bits per heavy atom. The minimum absolute atomic E-state index is 0.0576. The molecule has 1 aromatic carbocycles. The Kier molecular flexibility index (Phi) is 2.93. The van der Waals surface area contributed by atoms with Crippen LogP contribution in [0, 0.1) is 11.8 Å². The van der Waals surface area contributed by atoms with E-state index in [1.165, 1.54) is 7.11 Å². The zero-order valence-electron chi connectivity index (χ0n) is 12.4. The first-order chi connectivity index (χ1) is 10.7. The number of benzene rings is 1. The van der Waals surface area contributed by atoms with E-state index in [1.807, 2.05) is 18.2 Å². The molecule has 0 aromatic heterocycles. The standard InChI is InChI=1S/C18H17NO3/c1-22-18(21)11-6-7-13-14(9-11)15-8-10-4-2-3-5-12(10)16(15)19-17(13)20/h2-5,8,11,13H,6-7,9H2,1H3,(H,19,20). The predicted molar refractivity (Wildman–Crippen MR) is 81.6 cm³/mol. The largest absolute Gasteiger partial charge is 0.469 e. The van der Waals surface area contributed by atoms with Crippen LogP contribution in [0.3, 0.4) is 0 Å². The topological polar surface area (TPSA) is 55.4 Å². The summed E-state index contributed by atoms with van der Waals surface area (Å²) < 4.78 is 4.89. The normalized spacial score (nSPS) is 25.7. The number of rotatable bonds is 1. The van der Waals surface area contributed by atoms with Crippen LogP contribution in [0.1, 0.15) is 19.3 Å². The van der Waals surface area contributed by atoms with E-state index in [9.17, 15) is 9.59 Å². The molecule has 2 unspecified atom stereocenters. The van der Waals surface area contributed by atoms with Crippen LogP contribution in [0.4, 0.5) is 0 Å². The third-order valence-electron chi connectivity index (χ3n) is 4.94. The highest BCUT2D eigenvalue weighted by atomic mass is 16.5. The van der Waals surface area contributed by atoms with E-state index in [0.29, 0.717) is 19.3 Å². The molecule has 1 N–H and O–H groups in total. The molecule has 1 amide bonds. The summed E-state index contributed by atoms with van der Waals surface area (Å²) in [4.78, 5) is 24.3. The van der Waals surface area contributed by atoms with E-state index in [0.717, 1.165) is 27.3 Å². The third kappa shape index (κ3) is 1.83. The number of ether oxygens (including phenoxy) is 1. The van der Waals surface area contributed by atoms with E-state index in [4.69, 9.17) is 4.74 Å². The highest BCUT2D eigenvalue weighted by Crippen LogP contribution is 2.41. The Labute approximate surface area is 128 Å². The van der Waals surface area contributed by atoms with Gasteiger partial charge in [-0.3, -0.25) is 9.59 Å². The van der Waals surface area contributed by atoms with Crippen molar-refractivity contribution in [1.29, 1.82) is 0 Å². The average molecular weight is 295 g/mol. The molecule has 0 bridgehead atoms. The second-order valence-electron chi connectivity index (χ2n) is 6.09. The predicted octanol–water partition coefficient (Wildman–Crippen LogP) is 0.605. The van der Waals surface area contributed by atoms with Crippen LogP contribution in [0.2, 0.25) is 0 Å². The summed E-state index contributed by atoms with van der Waals surface area (Å²) in [6.45, 7) is 0. The molecule has 1 aliphatic heterocycles. The van der Waals surface area contributed by atoms with Gasteiger partial charge in [-0.15, -0.1) is 0 Å². The molecule has 4 heteroatoms. The fourth-order valence-corrected chi connectivity index (χ4v) is 3.83. The molecular weight excluding hydrogens is 278 g/mol. The summed E-state index contributed by atoms with van der Waals surface area (Å²) in [6.07, 6.45) is 4.17. The molecule has 4 rings (SSSR count). The van der Waals surface area contributed by atoms with Crippen LogP contribution in [-0.2, 0) is 14.3 Å². The number of fused-ring (bicyclic) bond motifs is 3. The highest BCUT2D eigenvalue weighted by molar-refractivity contribution is 5.99. The van der Waals surface area contributed by atoms with Crippen molar-refractivity contribution >= 4 is 23.6 Å². The quantitative estimate of drug-likeness (QED) is 0.772. The monoisotopic (exact) mass is 295 g/mol. The molecule has 0 spiro atoms. The van der Waals surface area contributed by atoms with Crippen LogP contribution in [0.15, 0.2) is 35.4 Å². The summed E-state index contributed by atoms with van der Waals surface area (Å²) in [5, 5.41) is 5.26. The molecule has 1 heterocycles. The Balaban J connectivity index is 1.86. The zero-order chi connectivity index (χ0) is 15.3. The molecule has 0 saturated heterocycles. The van der Waals surface area contributed by atoms with Crippen LogP contribution in [0.25, 0.3) is 11.8 Å². The van der Waals surface area contributed by atoms with E-state index >= 15 is 0 Å². The zero-order valence-corrected chi connectivity index (χ0v) is 12.4. The van der Waals surface area contributed by atoms with Gasteiger partial charge in [0.15, 0.2) is 0 Å². The number of carbonyl (C=O) groups excluding carboxylic acids is 2. The van der Waals surface area contributed by atoms with Gasteiger partial charge in [0.1, 0.15) is 0 Å². The summed E-state index contributed by atoms with van der Waals surface area (Å²) in [6, 6.07) is 8.05. The Morgan fingerprint density at radius 2 is 2.09 bits per heavy atom. The van der Waals surface area contributed by atoms with Gasteiger partial charge in [-0.25, -0.2) is 0 Å². The summed E-state index contributed by atoms with van der Waals surface area (Å²) in [5.74, 6) is -0.352. The van der Waals surface area contributed by atoms with Crippen molar-refractivity contribution < 1.29 is 14.3 Å². The van der Waals surface area contributed by atoms with Crippen molar-refractivity contribution in [2.24, 2.45) is 11.8 Å². The van der Waals surface area contributed by atoms with Crippen molar-refractivity contribution in [2.45, 2.75) is 19.3 Å². The molecule has 0 radical (unpaired) electrons. The molecule has 1 fully saturated rings. The minimum atomic E-state index is -0.172. The first-order valence-electron chi connectivity index (χ1n) is 7.62. The molecule has 22 heavy (non-hydrogen) atoms.